The fraction of sp³-hybridized carbons (Fsp3) is 0.200. The molecule has 0 bridgehead atoms. The summed E-state index contributed by atoms with van der Waals surface area (Å²) < 4.78 is 19.2. The molecule has 0 saturated heterocycles. The Balaban J connectivity index is 2.43. The number of rotatable bonds is 4. The van der Waals surface area contributed by atoms with Gasteiger partial charge >= 0.3 is 0 Å². The van der Waals surface area contributed by atoms with Gasteiger partial charge in [-0.1, -0.05) is 29.8 Å². The van der Waals surface area contributed by atoms with Crippen LogP contribution in [-0.4, -0.2) is 11.7 Å². The van der Waals surface area contributed by atoms with Gasteiger partial charge in [0.1, 0.15) is 17.7 Å². The lowest BCUT2D eigenvalue weighted by atomic mass is 10.0. The highest BCUT2D eigenvalue weighted by Crippen LogP contribution is 2.32. The number of para-hydroxylation sites is 1. The molecule has 0 heterocycles. The molecule has 0 amide bonds. The van der Waals surface area contributed by atoms with E-state index in [0.29, 0.717) is 22.9 Å². The highest BCUT2D eigenvalue weighted by atomic mass is 35.5. The van der Waals surface area contributed by atoms with E-state index in [1.807, 2.05) is 6.92 Å². The van der Waals surface area contributed by atoms with Crippen LogP contribution in [0.3, 0.4) is 0 Å². The van der Waals surface area contributed by atoms with Crippen molar-refractivity contribution < 1.29 is 14.2 Å². The molecule has 0 saturated carbocycles. The number of aliphatic hydroxyl groups is 1. The van der Waals surface area contributed by atoms with Crippen LogP contribution < -0.4 is 4.74 Å². The first-order valence-corrected chi connectivity index (χ1v) is 6.36. The maximum absolute atomic E-state index is 13.8. The molecule has 0 aliphatic rings. The van der Waals surface area contributed by atoms with Gasteiger partial charge in [-0.25, -0.2) is 4.39 Å². The first-order chi connectivity index (χ1) is 9.13. The Morgan fingerprint density at radius 2 is 1.95 bits per heavy atom. The second kappa shape index (κ2) is 6.04. The Morgan fingerprint density at radius 3 is 2.68 bits per heavy atom. The Kier molecular flexibility index (Phi) is 4.40. The monoisotopic (exact) mass is 280 g/mol. The molecule has 100 valence electrons. The minimum absolute atomic E-state index is 0.139. The van der Waals surface area contributed by atoms with Gasteiger partial charge in [0, 0.05) is 16.1 Å². The Bertz CT molecular complexity index is 572. The molecular formula is C15H14ClFO2. The summed E-state index contributed by atoms with van der Waals surface area (Å²) in [4.78, 5) is 0. The normalized spacial score (nSPS) is 12.2. The van der Waals surface area contributed by atoms with Crippen LogP contribution in [0.15, 0.2) is 42.5 Å². The number of ether oxygens (including phenoxy) is 1. The van der Waals surface area contributed by atoms with E-state index in [9.17, 15) is 9.50 Å². The highest BCUT2D eigenvalue weighted by Gasteiger charge is 2.19. The quantitative estimate of drug-likeness (QED) is 0.918. The fourth-order valence-corrected chi connectivity index (χ4v) is 2.07. The molecule has 0 aromatic heterocycles. The van der Waals surface area contributed by atoms with Gasteiger partial charge in [-0.3, -0.25) is 0 Å². The van der Waals surface area contributed by atoms with Crippen molar-refractivity contribution >= 4 is 11.6 Å². The molecule has 2 aromatic carbocycles. The van der Waals surface area contributed by atoms with E-state index in [0.717, 1.165) is 0 Å². The van der Waals surface area contributed by atoms with Crippen LogP contribution in [0.25, 0.3) is 0 Å². The predicted molar refractivity (Wildman–Crippen MR) is 73.1 cm³/mol. The maximum atomic E-state index is 13.8. The van der Waals surface area contributed by atoms with Crippen molar-refractivity contribution in [2.75, 3.05) is 6.61 Å². The molecule has 0 spiro atoms. The van der Waals surface area contributed by atoms with Gasteiger partial charge in [0.2, 0.25) is 0 Å². The number of benzene rings is 2. The van der Waals surface area contributed by atoms with E-state index in [1.54, 1.807) is 24.3 Å². The summed E-state index contributed by atoms with van der Waals surface area (Å²) in [6.07, 6.45) is -1.11. The van der Waals surface area contributed by atoms with E-state index in [2.05, 4.69) is 0 Å². The fourth-order valence-electron chi connectivity index (χ4n) is 1.89. The Morgan fingerprint density at radius 1 is 1.21 bits per heavy atom. The summed E-state index contributed by atoms with van der Waals surface area (Å²) >= 11 is 5.84. The van der Waals surface area contributed by atoms with Crippen LogP contribution in [0.5, 0.6) is 5.75 Å². The average Bonchev–Trinajstić information content (AvgIpc) is 2.42. The first-order valence-electron chi connectivity index (χ1n) is 5.98. The molecule has 2 rings (SSSR count). The van der Waals surface area contributed by atoms with E-state index < -0.39 is 11.9 Å². The largest absolute Gasteiger partial charge is 0.493 e. The number of aliphatic hydroxyl groups excluding tert-OH is 1. The number of halogens is 2. The Hall–Kier alpha value is -1.58. The van der Waals surface area contributed by atoms with Gasteiger partial charge in [0.25, 0.3) is 0 Å². The van der Waals surface area contributed by atoms with Gasteiger partial charge < -0.3 is 9.84 Å². The van der Waals surface area contributed by atoms with Gasteiger partial charge in [-0.2, -0.15) is 0 Å². The number of hydrogen-bond donors (Lipinski definition) is 1. The number of hydrogen-bond acceptors (Lipinski definition) is 2. The molecule has 0 aliphatic heterocycles. The third-order valence-corrected chi connectivity index (χ3v) is 3.00. The van der Waals surface area contributed by atoms with Crippen LogP contribution >= 0.6 is 11.6 Å². The van der Waals surface area contributed by atoms with Crippen LogP contribution in [0.1, 0.15) is 24.2 Å². The lowest BCUT2D eigenvalue weighted by Gasteiger charge is -2.16. The lowest BCUT2D eigenvalue weighted by Crippen LogP contribution is -2.05. The molecule has 0 radical (unpaired) electrons. The lowest BCUT2D eigenvalue weighted by molar-refractivity contribution is 0.207. The smallest absolute Gasteiger partial charge is 0.129 e. The zero-order valence-corrected chi connectivity index (χ0v) is 11.2. The van der Waals surface area contributed by atoms with Gasteiger partial charge in [0.15, 0.2) is 0 Å². The van der Waals surface area contributed by atoms with Gasteiger partial charge in [0.05, 0.1) is 6.61 Å². The second-order valence-corrected chi connectivity index (χ2v) is 4.48. The molecule has 0 fully saturated rings. The molecule has 0 aliphatic carbocycles. The van der Waals surface area contributed by atoms with Crippen molar-refractivity contribution in [2.45, 2.75) is 13.0 Å². The Labute approximate surface area is 116 Å². The topological polar surface area (TPSA) is 29.5 Å². The third-order valence-electron chi connectivity index (χ3n) is 2.77. The highest BCUT2D eigenvalue weighted by molar-refractivity contribution is 6.30. The zero-order valence-electron chi connectivity index (χ0n) is 10.4. The van der Waals surface area contributed by atoms with Crippen LogP contribution in [0.2, 0.25) is 5.02 Å². The summed E-state index contributed by atoms with van der Waals surface area (Å²) in [5, 5.41) is 10.7. The van der Waals surface area contributed by atoms with Crippen molar-refractivity contribution in [3.8, 4) is 5.75 Å². The van der Waals surface area contributed by atoms with Crippen LogP contribution in [0, 0.1) is 5.82 Å². The van der Waals surface area contributed by atoms with Crippen molar-refractivity contribution in [3.63, 3.8) is 0 Å². The summed E-state index contributed by atoms with van der Waals surface area (Å²) in [6, 6.07) is 11.1. The van der Waals surface area contributed by atoms with Crippen molar-refractivity contribution in [1.29, 1.82) is 0 Å². The molecule has 1 N–H and O–H groups in total. The van der Waals surface area contributed by atoms with E-state index in [1.165, 1.54) is 18.2 Å². The van der Waals surface area contributed by atoms with Crippen LogP contribution in [-0.2, 0) is 0 Å². The van der Waals surface area contributed by atoms with Crippen molar-refractivity contribution in [2.24, 2.45) is 0 Å². The predicted octanol–water partition coefficient (Wildman–Crippen LogP) is 3.96. The molecule has 2 aromatic rings. The van der Waals surface area contributed by atoms with Crippen molar-refractivity contribution in [1.82, 2.24) is 0 Å². The standard InChI is InChI=1S/C15H14ClFO2/c1-2-19-14-6-4-3-5-11(14)15(18)12-9-10(16)7-8-13(12)17/h3-9,15,18H,2H2,1H3. The molecule has 4 heteroatoms. The minimum atomic E-state index is -1.11. The SMILES string of the molecule is CCOc1ccccc1C(O)c1cc(Cl)ccc1F. The van der Waals surface area contributed by atoms with E-state index >= 15 is 0 Å². The summed E-state index contributed by atoms with van der Waals surface area (Å²) in [6.45, 7) is 2.32. The minimum Gasteiger partial charge on any atom is -0.493 e. The maximum Gasteiger partial charge on any atom is 0.129 e. The van der Waals surface area contributed by atoms with Crippen LogP contribution in [0.4, 0.5) is 4.39 Å². The molecule has 2 nitrogen and oxygen atoms in total. The van der Waals surface area contributed by atoms with E-state index in [4.69, 9.17) is 16.3 Å². The second-order valence-electron chi connectivity index (χ2n) is 4.04. The van der Waals surface area contributed by atoms with Gasteiger partial charge in [-0.15, -0.1) is 0 Å². The zero-order chi connectivity index (χ0) is 13.8. The van der Waals surface area contributed by atoms with Crippen molar-refractivity contribution in [3.05, 3.63) is 64.4 Å². The summed E-state index contributed by atoms with van der Waals surface area (Å²) in [5.41, 5.74) is 0.658. The molecule has 1 atom stereocenters. The molecule has 1 unspecified atom stereocenters. The molecular weight excluding hydrogens is 267 g/mol. The third kappa shape index (κ3) is 3.06. The first kappa shape index (κ1) is 13.8. The van der Waals surface area contributed by atoms with Gasteiger partial charge in [-0.05, 0) is 31.2 Å². The average molecular weight is 281 g/mol. The summed E-state index contributed by atoms with van der Waals surface area (Å²) in [5.74, 6) is 0.0417. The van der Waals surface area contributed by atoms with E-state index in [-0.39, 0.29) is 5.56 Å². The molecule has 19 heavy (non-hydrogen) atoms. The summed E-state index contributed by atoms with van der Waals surface area (Å²) in [7, 11) is 0.